The number of hydrogen-bond donors (Lipinski definition) is 2. The van der Waals surface area contributed by atoms with Gasteiger partial charge < -0.3 is 5.32 Å². The maximum absolute atomic E-state index is 13.6. The Balaban J connectivity index is 2.05. The normalized spacial score (nSPS) is 12.0. The highest BCUT2D eigenvalue weighted by Gasteiger charge is 2.22. The Labute approximate surface area is 153 Å². The van der Waals surface area contributed by atoms with Crippen molar-refractivity contribution < 1.29 is 17.6 Å². The first kappa shape index (κ1) is 20.1. The summed E-state index contributed by atoms with van der Waals surface area (Å²) in [6.45, 7) is 5.47. The third-order valence-electron chi connectivity index (χ3n) is 3.48. The van der Waals surface area contributed by atoms with Gasteiger partial charge in [-0.05, 0) is 57.0 Å². The van der Waals surface area contributed by atoms with E-state index in [9.17, 15) is 17.6 Å². The van der Waals surface area contributed by atoms with Crippen molar-refractivity contribution in [3.63, 3.8) is 0 Å². The van der Waals surface area contributed by atoms with Gasteiger partial charge in [-0.25, -0.2) is 17.5 Å². The van der Waals surface area contributed by atoms with E-state index >= 15 is 0 Å². The van der Waals surface area contributed by atoms with Crippen molar-refractivity contribution in [2.45, 2.75) is 37.6 Å². The fourth-order valence-electron chi connectivity index (χ4n) is 2.38. The minimum Gasteiger partial charge on any atom is -0.352 e. The maximum Gasteiger partial charge on any atom is 0.251 e. The van der Waals surface area contributed by atoms with Gasteiger partial charge in [0.2, 0.25) is 10.0 Å². The molecular formula is C19H23FN2O3S. The number of sulfonamides is 1. The molecule has 140 valence electrons. The van der Waals surface area contributed by atoms with Gasteiger partial charge >= 0.3 is 0 Å². The minimum absolute atomic E-state index is 0.0224. The lowest BCUT2D eigenvalue weighted by molar-refractivity contribution is 0.0954. The molecule has 0 unspecified atom stereocenters. The molecule has 0 aromatic heterocycles. The highest BCUT2D eigenvalue weighted by molar-refractivity contribution is 7.89. The molecule has 0 atom stereocenters. The molecule has 0 aliphatic rings. The van der Waals surface area contributed by atoms with Gasteiger partial charge in [-0.3, -0.25) is 4.79 Å². The van der Waals surface area contributed by atoms with Crippen molar-refractivity contribution in [3.8, 4) is 0 Å². The summed E-state index contributed by atoms with van der Waals surface area (Å²) in [6.07, 6.45) is 0.349. The van der Waals surface area contributed by atoms with Crippen LogP contribution in [0.25, 0.3) is 0 Å². The van der Waals surface area contributed by atoms with Gasteiger partial charge in [0, 0.05) is 17.6 Å². The van der Waals surface area contributed by atoms with Crippen LogP contribution < -0.4 is 10.0 Å². The summed E-state index contributed by atoms with van der Waals surface area (Å²) in [7, 11) is -3.72. The predicted molar refractivity (Wildman–Crippen MR) is 99.0 cm³/mol. The van der Waals surface area contributed by atoms with Crippen molar-refractivity contribution in [1.82, 2.24) is 10.0 Å². The van der Waals surface area contributed by atoms with E-state index in [-0.39, 0.29) is 22.8 Å². The fraction of sp³-hybridized carbons (Fsp3) is 0.316. The van der Waals surface area contributed by atoms with Crippen LogP contribution in [0.5, 0.6) is 0 Å². The molecule has 0 saturated carbocycles. The van der Waals surface area contributed by atoms with Crippen LogP contribution in [-0.4, -0.2) is 26.4 Å². The molecular weight excluding hydrogens is 355 g/mol. The second-order valence-electron chi connectivity index (χ2n) is 6.98. The molecule has 2 aromatic rings. The minimum atomic E-state index is -3.72. The van der Waals surface area contributed by atoms with E-state index in [1.165, 1.54) is 30.3 Å². The van der Waals surface area contributed by atoms with Crippen molar-refractivity contribution in [1.29, 1.82) is 0 Å². The molecule has 7 heteroatoms. The average molecular weight is 378 g/mol. The van der Waals surface area contributed by atoms with Crippen molar-refractivity contribution in [2.75, 3.05) is 6.54 Å². The number of amides is 1. The monoisotopic (exact) mass is 378 g/mol. The molecule has 2 N–H and O–H groups in total. The lowest BCUT2D eigenvalue weighted by Crippen LogP contribution is -2.40. The highest BCUT2D eigenvalue weighted by Crippen LogP contribution is 2.15. The van der Waals surface area contributed by atoms with Crippen molar-refractivity contribution >= 4 is 15.9 Å². The van der Waals surface area contributed by atoms with Crippen LogP contribution in [0.1, 0.15) is 36.7 Å². The first-order valence-corrected chi connectivity index (χ1v) is 9.72. The molecule has 5 nitrogen and oxygen atoms in total. The molecule has 0 bridgehead atoms. The molecule has 0 radical (unpaired) electrons. The van der Waals surface area contributed by atoms with E-state index in [1.807, 2.05) is 0 Å². The number of benzene rings is 2. The number of halogens is 1. The number of rotatable bonds is 6. The van der Waals surface area contributed by atoms with Crippen LogP contribution in [0.15, 0.2) is 53.4 Å². The van der Waals surface area contributed by atoms with Crippen LogP contribution in [0, 0.1) is 5.82 Å². The number of carbonyl (C=O) groups is 1. The number of carbonyl (C=O) groups excluding carboxylic acids is 1. The van der Waals surface area contributed by atoms with E-state index in [2.05, 4.69) is 10.0 Å². The number of hydrogen-bond acceptors (Lipinski definition) is 3. The SMILES string of the molecule is CC(C)(C)NS(=O)(=O)c1cccc(C(=O)NCCc2ccccc2F)c1. The van der Waals surface area contributed by atoms with Gasteiger partial charge in [-0.2, -0.15) is 0 Å². The molecule has 2 rings (SSSR count). The topological polar surface area (TPSA) is 75.3 Å². The van der Waals surface area contributed by atoms with E-state index in [4.69, 9.17) is 0 Å². The average Bonchev–Trinajstić information content (AvgIpc) is 2.54. The smallest absolute Gasteiger partial charge is 0.251 e. The zero-order valence-corrected chi connectivity index (χ0v) is 15.9. The molecule has 0 saturated heterocycles. The first-order valence-electron chi connectivity index (χ1n) is 8.24. The molecule has 1 amide bonds. The molecule has 0 aliphatic carbocycles. The largest absolute Gasteiger partial charge is 0.352 e. The third kappa shape index (κ3) is 5.64. The molecule has 0 fully saturated rings. The zero-order chi connectivity index (χ0) is 19.4. The second-order valence-corrected chi connectivity index (χ2v) is 8.66. The summed E-state index contributed by atoms with van der Waals surface area (Å²) in [6, 6.07) is 12.2. The zero-order valence-electron chi connectivity index (χ0n) is 15.0. The Morgan fingerprint density at radius 1 is 1.08 bits per heavy atom. The summed E-state index contributed by atoms with van der Waals surface area (Å²) in [5, 5.41) is 2.68. The van der Waals surface area contributed by atoms with Gasteiger partial charge in [-0.1, -0.05) is 24.3 Å². The van der Waals surface area contributed by atoms with Gasteiger partial charge in [0.25, 0.3) is 5.91 Å². The molecule has 0 heterocycles. The van der Waals surface area contributed by atoms with Crippen molar-refractivity contribution in [3.05, 3.63) is 65.5 Å². The standard InChI is InChI=1S/C19H23FN2O3S/c1-19(2,3)22-26(24,25)16-9-6-8-15(13-16)18(23)21-12-11-14-7-4-5-10-17(14)20/h4-10,13,22H,11-12H2,1-3H3,(H,21,23). The Hall–Kier alpha value is -2.25. The van der Waals surface area contributed by atoms with Crippen LogP contribution in [0.2, 0.25) is 0 Å². The predicted octanol–water partition coefficient (Wildman–Crippen LogP) is 2.88. The Kier molecular flexibility index (Phi) is 6.15. The van der Waals surface area contributed by atoms with E-state index in [1.54, 1.807) is 39.0 Å². The maximum atomic E-state index is 13.6. The summed E-state index contributed by atoms with van der Waals surface area (Å²) in [5.41, 5.74) is 0.116. The molecule has 0 spiro atoms. The van der Waals surface area contributed by atoms with Crippen LogP contribution in [0.4, 0.5) is 4.39 Å². The fourth-order valence-corrected chi connectivity index (χ4v) is 3.84. The van der Waals surface area contributed by atoms with E-state index in [0.29, 0.717) is 12.0 Å². The molecule has 2 aromatic carbocycles. The van der Waals surface area contributed by atoms with Crippen LogP contribution >= 0.6 is 0 Å². The summed E-state index contributed by atoms with van der Waals surface area (Å²) < 4.78 is 40.9. The first-order chi connectivity index (χ1) is 12.1. The van der Waals surface area contributed by atoms with Crippen LogP contribution in [-0.2, 0) is 16.4 Å². The van der Waals surface area contributed by atoms with E-state index in [0.717, 1.165) is 0 Å². The Bertz CT molecular complexity index is 890. The third-order valence-corrected chi connectivity index (χ3v) is 5.24. The number of nitrogens with one attached hydrogen (secondary N) is 2. The summed E-state index contributed by atoms with van der Waals surface area (Å²) in [4.78, 5) is 12.3. The molecule has 26 heavy (non-hydrogen) atoms. The van der Waals surface area contributed by atoms with Crippen molar-refractivity contribution in [2.24, 2.45) is 0 Å². The van der Waals surface area contributed by atoms with Gasteiger partial charge in [0.15, 0.2) is 0 Å². The van der Waals surface area contributed by atoms with Crippen LogP contribution in [0.3, 0.4) is 0 Å². The van der Waals surface area contributed by atoms with E-state index < -0.39 is 21.5 Å². The van der Waals surface area contributed by atoms with Gasteiger partial charge in [0.05, 0.1) is 4.90 Å². The lowest BCUT2D eigenvalue weighted by atomic mass is 10.1. The quantitative estimate of drug-likeness (QED) is 0.812. The highest BCUT2D eigenvalue weighted by atomic mass is 32.2. The summed E-state index contributed by atoms with van der Waals surface area (Å²) in [5.74, 6) is -0.725. The van der Waals surface area contributed by atoms with Gasteiger partial charge in [-0.15, -0.1) is 0 Å². The lowest BCUT2D eigenvalue weighted by Gasteiger charge is -2.20. The second kappa shape index (κ2) is 7.97. The Morgan fingerprint density at radius 3 is 2.42 bits per heavy atom. The summed E-state index contributed by atoms with van der Waals surface area (Å²) >= 11 is 0. The van der Waals surface area contributed by atoms with Gasteiger partial charge in [0.1, 0.15) is 5.82 Å². The Morgan fingerprint density at radius 2 is 1.77 bits per heavy atom. The molecule has 0 aliphatic heterocycles.